The standard InChI is InChI=1S/C17H18N2O3S/c20-17(13-8-10-18-11-9-13)19-14-4-3-7-16(12-14)23(21,22)15-5-1-2-6-15/h3-4,7-12,15H,1-2,5-6H2,(H,19,20). The summed E-state index contributed by atoms with van der Waals surface area (Å²) in [6.45, 7) is 0. The van der Waals surface area contributed by atoms with E-state index in [4.69, 9.17) is 0 Å². The number of pyridine rings is 1. The lowest BCUT2D eigenvalue weighted by Gasteiger charge is -2.12. The van der Waals surface area contributed by atoms with Gasteiger partial charge in [0.25, 0.3) is 5.91 Å². The zero-order valence-corrected chi connectivity index (χ0v) is 13.4. The van der Waals surface area contributed by atoms with E-state index < -0.39 is 9.84 Å². The van der Waals surface area contributed by atoms with Crippen molar-refractivity contribution in [3.8, 4) is 0 Å². The smallest absolute Gasteiger partial charge is 0.255 e. The number of carbonyl (C=O) groups is 1. The summed E-state index contributed by atoms with van der Waals surface area (Å²) in [4.78, 5) is 16.3. The highest BCUT2D eigenvalue weighted by atomic mass is 32.2. The van der Waals surface area contributed by atoms with Crippen molar-refractivity contribution in [3.05, 3.63) is 54.4 Å². The molecule has 2 aromatic rings. The molecule has 0 unspecified atom stereocenters. The summed E-state index contributed by atoms with van der Waals surface area (Å²) in [5.74, 6) is -0.289. The molecule has 6 heteroatoms. The van der Waals surface area contributed by atoms with Gasteiger partial charge in [0.05, 0.1) is 10.1 Å². The molecule has 1 fully saturated rings. The SMILES string of the molecule is O=C(Nc1cccc(S(=O)(=O)C2CCCC2)c1)c1ccncc1. The number of hydrogen-bond acceptors (Lipinski definition) is 4. The molecule has 0 saturated heterocycles. The van der Waals surface area contributed by atoms with Crippen LogP contribution in [-0.4, -0.2) is 24.6 Å². The van der Waals surface area contributed by atoms with E-state index in [1.807, 2.05) is 0 Å². The Bertz CT molecular complexity index is 798. The lowest BCUT2D eigenvalue weighted by molar-refractivity contribution is 0.102. The maximum Gasteiger partial charge on any atom is 0.255 e. The number of hydrogen-bond donors (Lipinski definition) is 1. The van der Waals surface area contributed by atoms with Crippen molar-refractivity contribution >= 4 is 21.4 Å². The molecule has 5 nitrogen and oxygen atoms in total. The van der Waals surface area contributed by atoms with Crippen molar-refractivity contribution in [1.29, 1.82) is 0 Å². The monoisotopic (exact) mass is 330 g/mol. The highest BCUT2D eigenvalue weighted by molar-refractivity contribution is 7.92. The second-order valence-electron chi connectivity index (χ2n) is 5.67. The van der Waals surface area contributed by atoms with E-state index in [-0.39, 0.29) is 16.1 Å². The van der Waals surface area contributed by atoms with Crippen molar-refractivity contribution in [3.63, 3.8) is 0 Å². The normalized spacial score (nSPS) is 15.5. The van der Waals surface area contributed by atoms with Crippen molar-refractivity contribution in [2.24, 2.45) is 0 Å². The van der Waals surface area contributed by atoms with Crippen LogP contribution in [0.5, 0.6) is 0 Å². The Kier molecular flexibility index (Phi) is 4.43. The number of anilines is 1. The van der Waals surface area contributed by atoms with Crippen LogP contribution in [0.15, 0.2) is 53.7 Å². The van der Waals surface area contributed by atoms with Crippen molar-refractivity contribution in [2.75, 3.05) is 5.32 Å². The molecule has 23 heavy (non-hydrogen) atoms. The van der Waals surface area contributed by atoms with E-state index in [1.165, 1.54) is 18.5 Å². The zero-order valence-electron chi connectivity index (χ0n) is 12.6. The molecule has 1 aliphatic carbocycles. The molecular formula is C17H18N2O3S. The number of nitrogens with zero attached hydrogens (tertiary/aromatic N) is 1. The molecule has 1 aromatic carbocycles. The summed E-state index contributed by atoms with van der Waals surface area (Å²) in [6, 6.07) is 9.68. The van der Waals surface area contributed by atoms with Crippen LogP contribution in [0, 0.1) is 0 Å². The number of carbonyl (C=O) groups excluding carboxylic acids is 1. The summed E-state index contributed by atoms with van der Waals surface area (Å²) in [7, 11) is -3.32. The van der Waals surface area contributed by atoms with Crippen LogP contribution >= 0.6 is 0 Å². The van der Waals surface area contributed by atoms with Crippen LogP contribution < -0.4 is 5.32 Å². The third-order valence-electron chi connectivity index (χ3n) is 4.10. The van der Waals surface area contributed by atoms with Gasteiger partial charge in [-0.2, -0.15) is 0 Å². The van der Waals surface area contributed by atoms with Crippen LogP contribution in [0.2, 0.25) is 0 Å². The zero-order chi connectivity index (χ0) is 16.3. The Morgan fingerprint density at radius 3 is 2.48 bits per heavy atom. The van der Waals surface area contributed by atoms with E-state index in [0.717, 1.165) is 25.7 Å². The van der Waals surface area contributed by atoms with Crippen LogP contribution in [0.3, 0.4) is 0 Å². The van der Waals surface area contributed by atoms with Crippen molar-refractivity contribution in [2.45, 2.75) is 35.8 Å². The predicted molar refractivity (Wildman–Crippen MR) is 88.1 cm³/mol. The van der Waals surface area contributed by atoms with Gasteiger partial charge in [0.2, 0.25) is 0 Å². The summed E-state index contributed by atoms with van der Waals surface area (Å²) >= 11 is 0. The molecule has 0 atom stereocenters. The number of sulfone groups is 1. The Morgan fingerprint density at radius 2 is 1.78 bits per heavy atom. The van der Waals surface area contributed by atoms with E-state index in [9.17, 15) is 13.2 Å². The average molecular weight is 330 g/mol. The van der Waals surface area contributed by atoms with E-state index >= 15 is 0 Å². The molecule has 1 amide bonds. The molecule has 0 aliphatic heterocycles. The molecule has 3 rings (SSSR count). The highest BCUT2D eigenvalue weighted by Gasteiger charge is 2.30. The fourth-order valence-electron chi connectivity index (χ4n) is 2.85. The summed E-state index contributed by atoms with van der Waals surface area (Å²) < 4.78 is 25.2. The van der Waals surface area contributed by atoms with Crippen LogP contribution in [-0.2, 0) is 9.84 Å². The van der Waals surface area contributed by atoms with Gasteiger partial charge >= 0.3 is 0 Å². The minimum absolute atomic E-state index is 0.275. The second kappa shape index (κ2) is 6.50. The predicted octanol–water partition coefficient (Wildman–Crippen LogP) is 3.05. The van der Waals surface area contributed by atoms with Gasteiger partial charge in [0.1, 0.15) is 0 Å². The maximum absolute atomic E-state index is 12.6. The van der Waals surface area contributed by atoms with Gasteiger partial charge in [-0.15, -0.1) is 0 Å². The Morgan fingerprint density at radius 1 is 1.09 bits per heavy atom. The Balaban J connectivity index is 1.81. The van der Waals surface area contributed by atoms with Gasteiger partial charge in [-0.3, -0.25) is 9.78 Å². The maximum atomic E-state index is 12.6. The van der Waals surface area contributed by atoms with Gasteiger partial charge in [-0.05, 0) is 43.2 Å². The number of rotatable bonds is 4. The molecular weight excluding hydrogens is 312 g/mol. The first kappa shape index (κ1) is 15.7. The first-order chi connectivity index (χ1) is 11.1. The third kappa shape index (κ3) is 3.42. The Hall–Kier alpha value is -2.21. The Labute approximate surface area is 135 Å². The fourth-order valence-corrected chi connectivity index (χ4v) is 4.75. The van der Waals surface area contributed by atoms with Gasteiger partial charge < -0.3 is 5.32 Å². The molecule has 1 aliphatic rings. The first-order valence-electron chi connectivity index (χ1n) is 7.63. The van der Waals surface area contributed by atoms with Crippen molar-refractivity contribution < 1.29 is 13.2 Å². The minimum Gasteiger partial charge on any atom is -0.322 e. The molecule has 0 radical (unpaired) electrons. The lowest BCUT2D eigenvalue weighted by atomic mass is 10.2. The quantitative estimate of drug-likeness (QED) is 0.935. The number of benzene rings is 1. The van der Waals surface area contributed by atoms with Crippen LogP contribution in [0.1, 0.15) is 36.0 Å². The van der Waals surface area contributed by atoms with Crippen molar-refractivity contribution in [1.82, 2.24) is 4.98 Å². The molecule has 0 spiro atoms. The summed E-state index contributed by atoms with van der Waals surface area (Å²) in [5, 5.41) is 2.43. The molecule has 120 valence electrons. The van der Waals surface area contributed by atoms with E-state index in [0.29, 0.717) is 11.3 Å². The first-order valence-corrected chi connectivity index (χ1v) is 9.17. The summed E-state index contributed by atoms with van der Waals surface area (Å²) in [6.07, 6.45) is 6.43. The summed E-state index contributed by atoms with van der Waals surface area (Å²) in [5.41, 5.74) is 0.954. The van der Waals surface area contributed by atoms with E-state index in [1.54, 1.807) is 30.3 Å². The van der Waals surface area contributed by atoms with Crippen LogP contribution in [0.25, 0.3) is 0 Å². The highest BCUT2D eigenvalue weighted by Crippen LogP contribution is 2.30. The van der Waals surface area contributed by atoms with Gasteiger partial charge in [0, 0.05) is 23.6 Å². The number of nitrogens with one attached hydrogen (secondary N) is 1. The fraction of sp³-hybridized carbons (Fsp3) is 0.294. The molecule has 1 N–H and O–H groups in total. The number of amides is 1. The second-order valence-corrected chi connectivity index (χ2v) is 7.90. The van der Waals surface area contributed by atoms with Crippen LogP contribution in [0.4, 0.5) is 5.69 Å². The minimum atomic E-state index is -3.32. The van der Waals surface area contributed by atoms with Gasteiger partial charge in [-0.25, -0.2) is 8.42 Å². The molecule has 1 saturated carbocycles. The molecule has 0 bridgehead atoms. The molecule has 1 aromatic heterocycles. The molecule has 1 heterocycles. The van der Waals surface area contributed by atoms with Gasteiger partial charge in [0.15, 0.2) is 9.84 Å². The topological polar surface area (TPSA) is 76.1 Å². The third-order valence-corrected chi connectivity index (χ3v) is 6.36. The van der Waals surface area contributed by atoms with Gasteiger partial charge in [-0.1, -0.05) is 18.9 Å². The lowest BCUT2D eigenvalue weighted by Crippen LogP contribution is -2.18. The number of aromatic nitrogens is 1. The largest absolute Gasteiger partial charge is 0.322 e. The average Bonchev–Trinajstić information content (AvgIpc) is 3.11. The van der Waals surface area contributed by atoms with E-state index in [2.05, 4.69) is 10.3 Å².